The summed E-state index contributed by atoms with van der Waals surface area (Å²) in [6.07, 6.45) is 0.720. The number of aliphatic hydroxyl groups is 1. The Morgan fingerprint density at radius 3 is 2.50 bits per heavy atom. The fourth-order valence-electron chi connectivity index (χ4n) is 2.88. The van der Waals surface area contributed by atoms with E-state index in [0.29, 0.717) is 11.8 Å². The topological polar surface area (TPSA) is 23.5 Å². The molecule has 0 saturated heterocycles. The van der Waals surface area contributed by atoms with E-state index in [1.54, 1.807) is 0 Å². The number of nitrogens with zero attached hydrogens (tertiary/aromatic N) is 1. The van der Waals surface area contributed by atoms with Crippen molar-refractivity contribution in [3.63, 3.8) is 0 Å². The summed E-state index contributed by atoms with van der Waals surface area (Å²) in [4.78, 5) is 2.07. The van der Waals surface area contributed by atoms with E-state index in [4.69, 9.17) is 0 Å². The van der Waals surface area contributed by atoms with Crippen LogP contribution in [0.15, 0.2) is 54.6 Å². The molecule has 2 aromatic rings. The summed E-state index contributed by atoms with van der Waals surface area (Å²) in [5.41, 5.74) is 3.51. The fraction of sp³-hybridized carbons (Fsp3) is 0.333. The van der Waals surface area contributed by atoms with Crippen molar-refractivity contribution in [3.8, 4) is 0 Å². The molecule has 0 spiro atoms. The third-order valence-electron chi connectivity index (χ3n) is 4.20. The quantitative estimate of drug-likeness (QED) is 0.915. The molecule has 2 nitrogen and oxygen atoms in total. The second-order valence-corrected chi connectivity index (χ2v) is 5.85. The maximum absolute atomic E-state index is 10.6. The maximum Gasteiger partial charge on any atom is 0.0825 e. The van der Waals surface area contributed by atoms with Crippen molar-refractivity contribution in [1.29, 1.82) is 0 Å². The second-order valence-electron chi connectivity index (χ2n) is 5.85. The van der Waals surface area contributed by atoms with Crippen molar-refractivity contribution in [1.82, 2.24) is 0 Å². The SMILES string of the molecule is CN(C)c1cccc(C(O)C2CC2c2ccccc2)c1. The lowest BCUT2D eigenvalue weighted by Gasteiger charge is -2.16. The molecule has 3 unspecified atom stereocenters. The minimum absolute atomic E-state index is 0.356. The Kier molecular flexibility index (Phi) is 3.49. The molecule has 0 amide bonds. The van der Waals surface area contributed by atoms with Gasteiger partial charge in [0.2, 0.25) is 0 Å². The first kappa shape index (κ1) is 13.2. The van der Waals surface area contributed by atoms with Gasteiger partial charge in [-0.15, -0.1) is 0 Å². The average molecular weight is 267 g/mol. The molecule has 1 aliphatic rings. The zero-order valence-corrected chi connectivity index (χ0v) is 12.0. The minimum atomic E-state index is -0.361. The van der Waals surface area contributed by atoms with Crippen molar-refractivity contribution in [2.75, 3.05) is 19.0 Å². The Labute approximate surface area is 120 Å². The molecule has 0 bridgehead atoms. The number of anilines is 1. The minimum Gasteiger partial charge on any atom is -0.388 e. The van der Waals surface area contributed by atoms with Gasteiger partial charge in [-0.05, 0) is 41.5 Å². The van der Waals surface area contributed by atoms with E-state index in [-0.39, 0.29) is 6.10 Å². The number of aliphatic hydroxyl groups excluding tert-OH is 1. The van der Waals surface area contributed by atoms with Gasteiger partial charge in [0.15, 0.2) is 0 Å². The van der Waals surface area contributed by atoms with E-state index >= 15 is 0 Å². The van der Waals surface area contributed by atoms with Gasteiger partial charge in [0, 0.05) is 19.8 Å². The first-order valence-electron chi connectivity index (χ1n) is 7.17. The predicted octanol–water partition coefficient (Wildman–Crippen LogP) is 3.59. The van der Waals surface area contributed by atoms with Crippen LogP contribution in [0, 0.1) is 5.92 Å². The third-order valence-corrected chi connectivity index (χ3v) is 4.20. The highest BCUT2D eigenvalue weighted by Gasteiger charge is 2.43. The van der Waals surface area contributed by atoms with Crippen LogP contribution in [0.3, 0.4) is 0 Å². The number of rotatable bonds is 4. The molecular formula is C18H21NO. The van der Waals surface area contributed by atoms with Crippen molar-refractivity contribution in [3.05, 3.63) is 65.7 Å². The second kappa shape index (κ2) is 5.29. The lowest BCUT2D eigenvalue weighted by molar-refractivity contribution is 0.151. The van der Waals surface area contributed by atoms with Gasteiger partial charge in [0.25, 0.3) is 0 Å². The molecule has 104 valence electrons. The molecule has 2 aromatic carbocycles. The van der Waals surface area contributed by atoms with E-state index in [2.05, 4.69) is 41.3 Å². The Balaban J connectivity index is 1.75. The van der Waals surface area contributed by atoms with E-state index in [1.807, 2.05) is 32.3 Å². The molecular weight excluding hydrogens is 246 g/mol. The normalized spacial score (nSPS) is 22.4. The Morgan fingerprint density at radius 2 is 1.80 bits per heavy atom. The summed E-state index contributed by atoms with van der Waals surface area (Å²) < 4.78 is 0. The monoisotopic (exact) mass is 267 g/mol. The first-order valence-corrected chi connectivity index (χ1v) is 7.17. The molecule has 0 aliphatic heterocycles. The molecule has 1 fully saturated rings. The van der Waals surface area contributed by atoms with Crippen LogP contribution in [0.25, 0.3) is 0 Å². The Bertz CT molecular complexity index is 579. The molecule has 3 atom stereocenters. The van der Waals surface area contributed by atoms with Crippen LogP contribution < -0.4 is 4.90 Å². The number of benzene rings is 2. The van der Waals surface area contributed by atoms with Crippen LogP contribution in [0.1, 0.15) is 29.6 Å². The predicted molar refractivity (Wildman–Crippen MR) is 83.0 cm³/mol. The number of hydrogen-bond donors (Lipinski definition) is 1. The molecule has 1 N–H and O–H groups in total. The molecule has 0 heterocycles. The fourth-order valence-corrected chi connectivity index (χ4v) is 2.88. The van der Waals surface area contributed by atoms with Gasteiger partial charge in [0.1, 0.15) is 0 Å². The molecule has 1 aliphatic carbocycles. The highest BCUT2D eigenvalue weighted by Crippen LogP contribution is 2.54. The van der Waals surface area contributed by atoms with Crippen LogP contribution in [-0.4, -0.2) is 19.2 Å². The summed E-state index contributed by atoms with van der Waals surface area (Å²) in [6.45, 7) is 0. The van der Waals surface area contributed by atoms with E-state index in [1.165, 1.54) is 5.56 Å². The smallest absolute Gasteiger partial charge is 0.0825 e. The van der Waals surface area contributed by atoms with Gasteiger partial charge in [-0.3, -0.25) is 0 Å². The van der Waals surface area contributed by atoms with Gasteiger partial charge in [0.05, 0.1) is 6.10 Å². The van der Waals surface area contributed by atoms with Crippen LogP contribution in [0.2, 0.25) is 0 Å². The van der Waals surface area contributed by atoms with Gasteiger partial charge in [-0.25, -0.2) is 0 Å². The summed E-state index contributed by atoms with van der Waals surface area (Å²) >= 11 is 0. The van der Waals surface area contributed by atoms with Gasteiger partial charge in [-0.1, -0.05) is 42.5 Å². The van der Waals surface area contributed by atoms with E-state index in [9.17, 15) is 5.11 Å². The molecule has 0 aromatic heterocycles. The van der Waals surface area contributed by atoms with Crippen molar-refractivity contribution >= 4 is 5.69 Å². The molecule has 2 heteroatoms. The zero-order chi connectivity index (χ0) is 14.1. The largest absolute Gasteiger partial charge is 0.388 e. The van der Waals surface area contributed by atoms with E-state index in [0.717, 1.165) is 17.7 Å². The Morgan fingerprint density at radius 1 is 1.05 bits per heavy atom. The molecule has 3 rings (SSSR count). The highest BCUT2D eigenvalue weighted by atomic mass is 16.3. The number of hydrogen-bond acceptors (Lipinski definition) is 2. The van der Waals surface area contributed by atoms with Crippen molar-refractivity contribution in [2.45, 2.75) is 18.4 Å². The summed E-state index contributed by atoms with van der Waals surface area (Å²) in [5.74, 6) is 0.865. The molecule has 1 saturated carbocycles. The van der Waals surface area contributed by atoms with Crippen LogP contribution in [0.4, 0.5) is 5.69 Å². The standard InChI is InChI=1S/C18H21NO/c1-19(2)15-10-6-9-14(11-15)18(20)17-12-16(17)13-7-4-3-5-8-13/h3-11,16-18,20H,12H2,1-2H3. The average Bonchev–Trinajstić information content (AvgIpc) is 3.28. The summed E-state index contributed by atoms with van der Waals surface area (Å²) in [6, 6.07) is 18.7. The maximum atomic E-state index is 10.6. The molecule has 0 radical (unpaired) electrons. The highest BCUT2D eigenvalue weighted by molar-refractivity contribution is 5.48. The summed E-state index contributed by atoms with van der Waals surface area (Å²) in [7, 11) is 4.05. The first-order chi connectivity index (χ1) is 9.66. The van der Waals surface area contributed by atoms with Crippen LogP contribution in [0.5, 0.6) is 0 Å². The Hall–Kier alpha value is -1.80. The van der Waals surface area contributed by atoms with Crippen LogP contribution in [-0.2, 0) is 0 Å². The molecule has 20 heavy (non-hydrogen) atoms. The zero-order valence-electron chi connectivity index (χ0n) is 12.0. The van der Waals surface area contributed by atoms with Crippen LogP contribution >= 0.6 is 0 Å². The van der Waals surface area contributed by atoms with Crippen molar-refractivity contribution < 1.29 is 5.11 Å². The summed E-state index contributed by atoms with van der Waals surface area (Å²) in [5, 5.41) is 10.6. The van der Waals surface area contributed by atoms with Gasteiger partial charge in [-0.2, -0.15) is 0 Å². The van der Waals surface area contributed by atoms with Gasteiger partial charge < -0.3 is 10.0 Å². The third kappa shape index (κ3) is 2.56. The van der Waals surface area contributed by atoms with E-state index < -0.39 is 0 Å². The van der Waals surface area contributed by atoms with Gasteiger partial charge >= 0.3 is 0 Å². The van der Waals surface area contributed by atoms with Crippen molar-refractivity contribution in [2.24, 2.45) is 5.92 Å². The lowest BCUT2D eigenvalue weighted by Crippen LogP contribution is -2.10. The lowest BCUT2D eigenvalue weighted by atomic mass is 10.0.